The summed E-state index contributed by atoms with van der Waals surface area (Å²) in [6.07, 6.45) is 0.106. The molecule has 1 aliphatic rings. The van der Waals surface area contributed by atoms with Gasteiger partial charge in [-0.2, -0.15) is 0 Å². The minimum absolute atomic E-state index is 0.106. The van der Waals surface area contributed by atoms with E-state index < -0.39 is 0 Å². The van der Waals surface area contributed by atoms with Crippen LogP contribution in [0.2, 0.25) is 5.02 Å². The fourth-order valence-corrected chi connectivity index (χ4v) is 2.20. The molecule has 1 aromatic rings. The Kier molecular flexibility index (Phi) is 4.83. The zero-order chi connectivity index (χ0) is 13.0. The Bertz CT molecular complexity index is 401. The quantitative estimate of drug-likeness (QED) is 0.901. The molecule has 1 fully saturated rings. The van der Waals surface area contributed by atoms with E-state index in [1.54, 1.807) is 0 Å². The molecule has 0 saturated carbocycles. The van der Waals surface area contributed by atoms with Crippen molar-refractivity contribution in [1.29, 1.82) is 0 Å². The molecule has 4 nitrogen and oxygen atoms in total. The Balaban J connectivity index is 1.89. The van der Waals surface area contributed by atoms with Crippen LogP contribution in [0.5, 0.6) is 5.75 Å². The third-order valence-electron chi connectivity index (χ3n) is 3.00. The van der Waals surface area contributed by atoms with Crippen molar-refractivity contribution in [2.24, 2.45) is 5.73 Å². The van der Waals surface area contributed by atoms with Crippen molar-refractivity contribution in [3.63, 3.8) is 0 Å². The highest BCUT2D eigenvalue weighted by Gasteiger charge is 2.18. The van der Waals surface area contributed by atoms with Crippen LogP contribution in [-0.2, 0) is 11.3 Å². The molecule has 0 amide bonds. The number of hydrogen-bond donors (Lipinski definition) is 1. The van der Waals surface area contributed by atoms with E-state index in [1.165, 1.54) is 0 Å². The molecular formula is C13H19ClN2O2. The van der Waals surface area contributed by atoms with Gasteiger partial charge in [-0.3, -0.25) is 0 Å². The lowest BCUT2D eigenvalue weighted by Gasteiger charge is -2.29. The fourth-order valence-electron chi connectivity index (χ4n) is 1.94. The minimum atomic E-state index is 0.106. The number of hydrogen-bond acceptors (Lipinski definition) is 4. The first-order chi connectivity index (χ1) is 8.69. The second kappa shape index (κ2) is 6.38. The van der Waals surface area contributed by atoms with Gasteiger partial charge in [0.2, 0.25) is 0 Å². The van der Waals surface area contributed by atoms with Gasteiger partial charge >= 0.3 is 0 Å². The van der Waals surface area contributed by atoms with Crippen LogP contribution in [0.1, 0.15) is 5.56 Å². The number of nitrogens with zero attached hydrogens (tertiary/aromatic N) is 1. The Morgan fingerprint density at radius 3 is 3.06 bits per heavy atom. The number of halogens is 1. The van der Waals surface area contributed by atoms with Crippen molar-refractivity contribution in [2.75, 3.05) is 33.4 Å². The molecule has 2 N–H and O–H groups in total. The van der Waals surface area contributed by atoms with Crippen LogP contribution in [-0.4, -0.2) is 44.4 Å². The summed E-state index contributed by atoms with van der Waals surface area (Å²) in [5.41, 5.74) is 6.55. The first-order valence-corrected chi connectivity index (χ1v) is 6.48. The van der Waals surface area contributed by atoms with Crippen LogP contribution in [0.25, 0.3) is 0 Å². The van der Waals surface area contributed by atoms with Crippen LogP contribution < -0.4 is 10.5 Å². The van der Waals surface area contributed by atoms with Gasteiger partial charge in [-0.25, -0.2) is 0 Å². The highest BCUT2D eigenvalue weighted by Crippen LogP contribution is 2.25. The van der Waals surface area contributed by atoms with Crippen molar-refractivity contribution < 1.29 is 9.47 Å². The predicted molar refractivity (Wildman–Crippen MR) is 72.1 cm³/mol. The third kappa shape index (κ3) is 3.59. The van der Waals surface area contributed by atoms with Crippen LogP contribution >= 0.6 is 11.6 Å². The molecule has 1 heterocycles. The first-order valence-electron chi connectivity index (χ1n) is 6.10. The Morgan fingerprint density at radius 1 is 1.56 bits per heavy atom. The van der Waals surface area contributed by atoms with Gasteiger partial charge < -0.3 is 20.1 Å². The largest absolute Gasteiger partial charge is 0.489 e. The van der Waals surface area contributed by atoms with Crippen molar-refractivity contribution >= 4 is 11.6 Å². The van der Waals surface area contributed by atoms with Gasteiger partial charge in [0.05, 0.1) is 11.6 Å². The maximum absolute atomic E-state index is 6.12. The molecule has 1 aliphatic heterocycles. The number of nitrogens with two attached hydrogens (primary N) is 1. The zero-order valence-electron chi connectivity index (χ0n) is 10.6. The van der Waals surface area contributed by atoms with Crippen molar-refractivity contribution in [1.82, 2.24) is 4.90 Å². The highest BCUT2D eigenvalue weighted by molar-refractivity contribution is 6.32. The SMILES string of the molecule is CN1CCOC(COc2ccc(CN)cc2Cl)C1. The minimum Gasteiger partial charge on any atom is -0.489 e. The molecule has 0 bridgehead atoms. The van der Waals surface area contributed by atoms with E-state index in [-0.39, 0.29) is 6.10 Å². The van der Waals surface area contributed by atoms with Crippen LogP contribution in [0.4, 0.5) is 0 Å². The topological polar surface area (TPSA) is 47.7 Å². The lowest BCUT2D eigenvalue weighted by Crippen LogP contribution is -2.42. The Labute approximate surface area is 113 Å². The summed E-state index contributed by atoms with van der Waals surface area (Å²) in [5, 5.41) is 0.599. The Hall–Kier alpha value is -0.810. The molecular weight excluding hydrogens is 252 g/mol. The molecule has 18 heavy (non-hydrogen) atoms. The highest BCUT2D eigenvalue weighted by atomic mass is 35.5. The number of benzene rings is 1. The number of rotatable bonds is 4. The van der Waals surface area contributed by atoms with E-state index in [1.807, 2.05) is 18.2 Å². The molecule has 1 atom stereocenters. The van der Waals surface area contributed by atoms with Crippen LogP contribution in [0, 0.1) is 0 Å². The Morgan fingerprint density at radius 2 is 2.39 bits per heavy atom. The average molecular weight is 271 g/mol. The lowest BCUT2D eigenvalue weighted by atomic mass is 10.2. The average Bonchev–Trinajstić information content (AvgIpc) is 2.37. The summed E-state index contributed by atoms with van der Waals surface area (Å²) in [7, 11) is 2.08. The van der Waals surface area contributed by atoms with E-state index in [0.29, 0.717) is 23.9 Å². The van der Waals surface area contributed by atoms with Crippen LogP contribution in [0.3, 0.4) is 0 Å². The molecule has 1 unspecified atom stereocenters. The summed E-state index contributed by atoms with van der Waals surface area (Å²) in [5.74, 6) is 0.686. The summed E-state index contributed by atoms with van der Waals surface area (Å²) in [6, 6.07) is 5.62. The molecule has 0 aromatic heterocycles. The summed E-state index contributed by atoms with van der Waals surface area (Å²) in [4.78, 5) is 2.23. The second-order valence-electron chi connectivity index (χ2n) is 4.53. The van der Waals surface area contributed by atoms with Gasteiger partial charge in [0.25, 0.3) is 0 Å². The van der Waals surface area contributed by atoms with Gasteiger partial charge in [0, 0.05) is 19.6 Å². The van der Waals surface area contributed by atoms with Crippen molar-refractivity contribution in [2.45, 2.75) is 12.6 Å². The second-order valence-corrected chi connectivity index (χ2v) is 4.94. The van der Waals surface area contributed by atoms with E-state index in [4.69, 9.17) is 26.8 Å². The number of likely N-dealkylation sites (N-methyl/N-ethyl adjacent to an activating group) is 1. The maximum Gasteiger partial charge on any atom is 0.138 e. The smallest absolute Gasteiger partial charge is 0.138 e. The van der Waals surface area contributed by atoms with Gasteiger partial charge in [0.15, 0.2) is 0 Å². The van der Waals surface area contributed by atoms with Gasteiger partial charge in [-0.05, 0) is 24.7 Å². The summed E-state index contributed by atoms with van der Waals surface area (Å²) < 4.78 is 11.3. The lowest BCUT2D eigenvalue weighted by molar-refractivity contribution is -0.0403. The molecule has 0 spiro atoms. The molecule has 0 radical (unpaired) electrons. The summed E-state index contributed by atoms with van der Waals surface area (Å²) >= 11 is 6.12. The normalized spacial score (nSPS) is 20.9. The monoisotopic (exact) mass is 270 g/mol. The van der Waals surface area contributed by atoms with Gasteiger partial charge in [-0.1, -0.05) is 17.7 Å². The third-order valence-corrected chi connectivity index (χ3v) is 3.29. The molecule has 100 valence electrons. The number of morpholine rings is 1. The fraction of sp³-hybridized carbons (Fsp3) is 0.538. The van der Waals surface area contributed by atoms with E-state index >= 15 is 0 Å². The van der Waals surface area contributed by atoms with Crippen molar-refractivity contribution in [3.8, 4) is 5.75 Å². The summed E-state index contributed by atoms with van der Waals surface area (Å²) in [6.45, 7) is 3.62. The number of ether oxygens (including phenoxy) is 2. The first kappa shape index (κ1) is 13.6. The zero-order valence-corrected chi connectivity index (χ0v) is 11.3. The maximum atomic E-state index is 6.12. The van der Waals surface area contributed by atoms with Crippen LogP contribution in [0.15, 0.2) is 18.2 Å². The van der Waals surface area contributed by atoms with E-state index in [2.05, 4.69) is 11.9 Å². The molecule has 2 rings (SSSR count). The standard InChI is InChI=1S/C13H19ClN2O2/c1-16-4-5-17-11(8-16)9-18-13-3-2-10(7-15)6-12(13)14/h2-3,6,11H,4-5,7-9,15H2,1H3. The van der Waals surface area contributed by atoms with E-state index in [0.717, 1.165) is 25.3 Å². The van der Waals surface area contributed by atoms with Crippen molar-refractivity contribution in [3.05, 3.63) is 28.8 Å². The van der Waals surface area contributed by atoms with Gasteiger partial charge in [0.1, 0.15) is 18.5 Å². The van der Waals surface area contributed by atoms with E-state index in [9.17, 15) is 0 Å². The molecule has 1 saturated heterocycles. The molecule has 1 aromatic carbocycles. The molecule has 0 aliphatic carbocycles. The van der Waals surface area contributed by atoms with Gasteiger partial charge in [-0.15, -0.1) is 0 Å². The predicted octanol–water partition coefficient (Wildman–Crippen LogP) is 1.51. The molecule has 5 heteroatoms.